The van der Waals surface area contributed by atoms with Gasteiger partial charge in [0.05, 0.1) is 11.8 Å². The predicted molar refractivity (Wildman–Crippen MR) is 102 cm³/mol. The smallest absolute Gasteiger partial charge is 0.240 e. The summed E-state index contributed by atoms with van der Waals surface area (Å²) in [6.45, 7) is 1.19. The number of aromatic nitrogens is 1. The van der Waals surface area contributed by atoms with Crippen LogP contribution in [0.5, 0.6) is 0 Å². The molecule has 3 amide bonds. The molecule has 0 radical (unpaired) electrons. The second-order valence-corrected chi connectivity index (χ2v) is 7.53. The molecule has 1 N–H and O–H groups in total. The molecular weight excluding hydrogens is 342 g/mol. The fraction of sp³-hybridized carbons (Fsp3) is 0.476. The predicted octanol–water partition coefficient (Wildman–Crippen LogP) is 2.32. The number of imide groups is 1. The van der Waals surface area contributed by atoms with Gasteiger partial charge in [-0.1, -0.05) is 31.0 Å². The molecule has 1 aromatic heterocycles. The van der Waals surface area contributed by atoms with Crippen molar-refractivity contribution in [2.24, 2.45) is 11.8 Å². The molecule has 0 spiro atoms. The number of rotatable bonds is 6. The molecule has 6 nitrogen and oxygen atoms in total. The number of aryl methyl sites for hydroxylation is 1. The first-order chi connectivity index (χ1) is 13.1. The second-order valence-electron chi connectivity index (χ2n) is 7.53. The summed E-state index contributed by atoms with van der Waals surface area (Å²) in [5, 5.41) is 4.05. The van der Waals surface area contributed by atoms with E-state index >= 15 is 0 Å². The molecule has 2 heterocycles. The monoisotopic (exact) mass is 367 g/mol. The number of hydrogen-bond donors (Lipinski definition) is 1. The summed E-state index contributed by atoms with van der Waals surface area (Å²) < 4.78 is 2.17. The van der Waals surface area contributed by atoms with E-state index in [1.165, 1.54) is 15.8 Å². The first-order valence-corrected chi connectivity index (χ1v) is 9.81. The largest absolute Gasteiger partial charge is 0.354 e. The number of nitrogens with one attached hydrogen (secondary N) is 1. The molecule has 4 rings (SSSR count). The Labute approximate surface area is 158 Å². The van der Waals surface area contributed by atoms with Crippen LogP contribution in [0, 0.1) is 11.8 Å². The first-order valence-electron chi connectivity index (χ1n) is 9.81. The molecule has 1 saturated heterocycles. The fourth-order valence-corrected chi connectivity index (χ4v) is 4.40. The third kappa shape index (κ3) is 3.48. The van der Waals surface area contributed by atoms with Crippen molar-refractivity contribution in [3.63, 3.8) is 0 Å². The van der Waals surface area contributed by atoms with E-state index in [-0.39, 0.29) is 36.1 Å². The summed E-state index contributed by atoms with van der Waals surface area (Å²) in [4.78, 5) is 38.2. The van der Waals surface area contributed by atoms with E-state index in [9.17, 15) is 14.4 Å². The van der Waals surface area contributed by atoms with Crippen LogP contribution in [0.4, 0.5) is 0 Å². The third-order valence-electron chi connectivity index (χ3n) is 5.81. The van der Waals surface area contributed by atoms with Crippen molar-refractivity contribution in [1.82, 2.24) is 14.8 Å². The molecule has 2 unspecified atom stereocenters. The summed E-state index contributed by atoms with van der Waals surface area (Å²) in [6.07, 6.45) is 6.38. The van der Waals surface area contributed by atoms with Crippen molar-refractivity contribution in [3.05, 3.63) is 36.5 Å². The average Bonchev–Trinajstić information content (AvgIpc) is 3.21. The summed E-state index contributed by atoms with van der Waals surface area (Å²) >= 11 is 0. The van der Waals surface area contributed by atoms with Crippen LogP contribution in [-0.2, 0) is 20.9 Å². The van der Waals surface area contributed by atoms with E-state index in [1.807, 2.05) is 12.1 Å². The van der Waals surface area contributed by atoms with E-state index in [0.29, 0.717) is 6.54 Å². The number of likely N-dealkylation sites (tertiary alicyclic amines) is 1. The fourth-order valence-electron chi connectivity index (χ4n) is 4.40. The lowest BCUT2D eigenvalue weighted by Crippen LogP contribution is -2.41. The maximum absolute atomic E-state index is 12.4. The maximum atomic E-state index is 12.4. The van der Waals surface area contributed by atoms with Crippen LogP contribution < -0.4 is 5.32 Å². The number of hydrogen-bond acceptors (Lipinski definition) is 3. The molecule has 0 bridgehead atoms. The lowest BCUT2D eigenvalue weighted by Gasteiger charge is -2.19. The topological polar surface area (TPSA) is 71.4 Å². The highest BCUT2D eigenvalue weighted by Gasteiger charge is 2.48. The van der Waals surface area contributed by atoms with Crippen molar-refractivity contribution in [3.8, 4) is 0 Å². The maximum Gasteiger partial charge on any atom is 0.240 e. The zero-order valence-corrected chi connectivity index (χ0v) is 15.4. The second kappa shape index (κ2) is 7.55. The van der Waals surface area contributed by atoms with Crippen LogP contribution in [-0.4, -0.2) is 40.3 Å². The molecule has 1 aromatic carbocycles. The number of nitrogens with zero attached hydrogens (tertiary/aromatic N) is 2. The molecule has 2 atom stereocenters. The van der Waals surface area contributed by atoms with Crippen LogP contribution in [0.3, 0.4) is 0 Å². The minimum absolute atomic E-state index is 0.142. The van der Waals surface area contributed by atoms with Crippen molar-refractivity contribution >= 4 is 28.6 Å². The van der Waals surface area contributed by atoms with Crippen LogP contribution in [0.1, 0.15) is 32.1 Å². The lowest BCUT2D eigenvalue weighted by molar-refractivity contribution is -0.143. The highest BCUT2D eigenvalue weighted by Crippen LogP contribution is 2.37. The zero-order valence-electron chi connectivity index (χ0n) is 15.4. The number of para-hydroxylation sites is 1. The van der Waals surface area contributed by atoms with Crippen LogP contribution in [0.2, 0.25) is 0 Å². The molecule has 142 valence electrons. The Kier molecular flexibility index (Phi) is 4.97. The first kappa shape index (κ1) is 17.8. The van der Waals surface area contributed by atoms with Gasteiger partial charge in [-0.25, -0.2) is 0 Å². The Balaban J connectivity index is 1.25. The molecule has 1 aliphatic carbocycles. The van der Waals surface area contributed by atoms with Gasteiger partial charge >= 0.3 is 0 Å². The minimum Gasteiger partial charge on any atom is -0.354 e. The van der Waals surface area contributed by atoms with Crippen molar-refractivity contribution in [2.45, 2.75) is 38.6 Å². The lowest BCUT2D eigenvalue weighted by atomic mass is 9.81. The van der Waals surface area contributed by atoms with Gasteiger partial charge < -0.3 is 9.88 Å². The SMILES string of the molecule is O=C(CN1C(=O)C2CCCCC2C1=O)NCCCn1ccc2ccccc21. The normalized spacial score (nSPS) is 22.3. The van der Waals surface area contributed by atoms with Gasteiger partial charge in [-0.05, 0) is 36.8 Å². The van der Waals surface area contributed by atoms with Gasteiger partial charge in [0.25, 0.3) is 0 Å². The molecule has 1 saturated carbocycles. The molecule has 27 heavy (non-hydrogen) atoms. The van der Waals surface area contributed by atoms with E-state index in [0.717, 1.165) is 38.6 Å². The summed E-state index contributed by atoms with van der Waals surface area (Å²) in [5.41, 5.74) is 1.18. The number of carbonyl (C=O) groups excluding carboxylic acids is 3. The van der Waals surface area contributed by atoms with Gasteiger partial charge in [0.2, 0.25) is 17.7 Å². The third-order valence-corrected chi connectivity index (χ3v) is 5.81. The van der Waals surface area contributed by atoms with Crippen LogP contribution in [0.15, 0.2) is 36.5 Å². The Bertz CT molecular complexity index is 848. The van der Waals surface area contributed by atoms with E-state index in [1.54, 1.807) is 0 Å². The van der Waals surface area contributed by atoms with Crippen molar-refractivity contribution < 1.29 is 14.4 Å². The van der Waals surface area contributed by atoms with E-state index in [4.69, 9.17) is 0 Å². The van der Waals surface area contributed by atoms with Gasteiger partial charge in [0.15, 0.2) is 0 Å². The Morgan fingerprint density at radius 1 is 1.04 bits per heavy atom. The quantitative estimate of drug-likeness (QED) is 0.629. The summed E-state index contributed by atoms with van der Waals surface area (Å²) in [6, 6.07) is 10.3. The number of fused-ring (bicyclic) bond motifs is 2. The number of carbonyl (C=O) groups is 3. The Morgan fingerprint density at radius 2 is 1.74 bits per heavy atom. The minimum atomic E-state index is -0.257. The molecule has 2 fully saturated rings. The summed E-state index contributed by atoms with van der Waals surface area (Å²) in [5.74, 6) is -0.952. The standard InChI is InChI=1S/C21H25N3O3/c25-19(14-24-20(26)16-7-2-3-8-17(16)21(24)27)22-11-5-12-23-13-10-15-6-1-4-9-18(15)23/h1,4,6,9-10,13,16-17H,2-3,5,7-8,11-12,14H2,(H,22,25). The molecule has 1 aliphatic heterocycles. The number of benzene rings is 1. The Morgan fingerprint density at radius 3 is 2.48 bits per heavy atom. The van der Waals surface area contributed by atoms with Crippen molar-refractivity contribution in [1.29, 1.82) is 0 Å². The van der Waals surface area contributed by atoms with Gasteiger partial charge in [0.1, 0.15) is 6.54 Å². The van der Waals surface area contributed by atoms with Crippen LogP contribution in [0.25, 0.3) is 10.9 Å². The van der Waals surface area contributed by atoms with Gasteiger partial charge in [-0.3, -0.25) is 19.3 Å². The molecule has 6 heteroatoms. The van der Waals surface area contributed by atoms with Gasteiger partial charge in [-0.15, -0.1) is 0 Å². The molecular formula is C21H25N3O3. The number of amides is 3. The highest BCUT2D eigenvalue weighted by atomic mass is 16.2. The van der Waals surface area contributed by atoms with Gasteiger partial charge in [-0.2, -0.15) is 0 Å². The highest BCUT2D eigenvalue weighted by molar-refractivity contribution is 6.07. The Hall–Kier alpha value is -2.63. The zero-order chi connectivity index (χ0) is 18.8. The van der Waals surface area contributed by atoms with E-state index < -0.39 is 0 Å². The summed E-state index contributed by atoms with van der Waals surface area (Å²) in [7, 11) is 0. The van der Waals surface area contributed by atoms with Crippen LogP contribution >= 0.6 is 0 Å². The molecule has 2 aromatic rings. The van der Waals surface area contributed by atoms with Crippen molar-refractivity contribution in [2.75, 3.05) is 13.1 Å². The average molecular weight is 367 g/mol. The van der Waals surface area contributed by atoms with E-state index in [2.05, 4.69) is 34.3 Å². The molecule has 2 aliphatic rings. The van der Waals surface area contributed by atoms with Gasteiger partial charge in [0, 0.05) is 24.8 Å².